The van der Waals surface area contributed by atoms with E-state index in [2.05, 4.69) is 81.2 Å². The minimum absolute atomic E-state index is 0.0274. The lowest BCUT2D eigenvalue weighted by molar-refractivity contribution is 0.0526. The number of esters is 1. The average Bonchev–Trinajstić information content (AvgIpc) is 2.82. The largest absolute Gasteiger partial charge is 0.462 e. The number of hydrogen-bond acceptors (Lipinski definition) is 3. The molecule has 3 heteroatoms. The summed E-state index contributed by atoms with van der Waals surface area (Å²) in [6.45, 7) is 8.87. The van der Waals surface area contributed by atoms with Crippen molar-refractivity contribution in [3.63, 3.8) is 0 Å². The maximum Gasteiger partial charge on any atom is 0.338 e. The minimum atomic E-state index is -0.307. The molecule has 33 heavy (non-hydrogen) atoms. The van der Waals surface area contributed by atoms with Crippen LogP contribution in [0.25, 0.3) is 5.57 Å². The van der Waals surface area contributed by atoms with Crippen molar-refractivity contribution < 1.29 is 9.53 Å². The highest BCUT2D eigenvalue weighted by molar-refractivity contribution is 8.01. The van der Waals surface area contributed by atoms with E-state index in [1.807, 2.05) is 23.9 Å². The van der Waals surface area contributed by atoms with Gasteiger partial charge in [-0.2, -0.15) is 0 Å². The molecular formula is C30H28O2S. The Morgan fingerprint density at radius 1 is 0.909 bits per heavy atom. The smallest absolute Gasteiger partial charge is 0.338 e. The van der Waals surface area contributed by atoms with Crippen LogP contribution in [0.2, 0.25) is 0 Å². The molecule has 0 saturated heterocycles. The van der Waals surface area contributed by atoms with E-state index in [4.69, 9.17) is 4.74 Å². The van der Waals surface area contributed by atoms with Crippen LogP contribution in [0, 0.1) is 11.8 Å². The predicted molar refractivity (Wildman–Crippen MR) is 138 cm³/mol. The number of fused-ring (bicyclic) bond motifs is 1. The first kappa shape index (κ1) is 23.0. The third-order valence-electron chi connectivity index (χ3n) is 5.56. The van der Waals surface area contributed by atoms with Gasteiger partial charge >= 0.3 is 5.97 Å². The van der Waals surface area contributed by atoms with E-state index in [0.29, 0.717) is 12.2 Å². The molecule has 1 aliphatic rings. The van der Waals surface area contributed by atoms with Crippen LogP contribution in [0.3, 0.4) is 0 Å². The van der Waals surface area contributed by atoms with Crippen molar-refractivity contribution in [2.45, 2.75) is 43.8 Å². The maximum absolute atomic E-state index is 11.8. The number of hydrogen-bond donors (Lipinski definition) is 0. The summed E-state index contributed by atoms with van der Waals surface area (Å²) in [6, 6.07) is 22.6. The lowest BCUT2D eigenvalue weighted by Crippen LogP contribution is -2.16. The van der Waals surface area contributed by atoms with Crippen LogP contribution in [0.5, 0.6) is 0 Å². The highest BCUT2D eigenvalue weighted by atomic mass is 32.2. The third-order valence-corrected chi connectivity index (χ3v) is 6.77. The van der Waals surface area contributed by atoms with Crippen LogP contribution in [0.15, 0.2) is 77.7 Å². The van der Waals surface area contributed by atoms with E-state index in [1.54, 1.807) is 19.1 Å². The van der Waals surface area contributed by atoms with Gasteiger partial charge in [0.15, 0.2) is 0 Å². The number of rotatable bonds is 4. The van der Waals surface area contributed by atoms with Gasteiger partial charge in [0, 0.05) is 20.8 Å². The zero-order valence-electron chi connectivity index (χ0n) is 19.6. The Morgan fingerprint density at radius 2 is 1.58 bits per heavy atom. The molecule has 0 bridgehead atoms. The van der Waals surface area contributed by atoms with E-state index in [9.17, 15) is 4.79 Å². The van der Waals surface area contributed by atoms with Crippen LogP contribution in [-0.4, -0.2) is 17.3 Å². The lowest BCUT2D eigenvalue weighted by Gasteiger charge is -2.29. The summed E-state index contributed by atoms with van der Waals surface area (Å²) < 4.78 is 5.07. The summed E-state index contributed by atoms with van der Waals surface area (Å²) in [4.78, 5) is 13.1. The molecule has 0 aliphatic carbocycles. The van der Waals surface area contributed by atoms with Gasteiger partial charge in [-0.25, -0.2) is 4.79 Å². The van der Waals surface area contributed by atoms with E-state index in [0.717, 1.165) is 17.5 Å². The van der Waals surface area contributed by atoms with E-state index in [-0.39, 0.29) is 10.7 Å². The Balaban J connectivity index is 1.64. The monoisotopic (exact) mass is 452 g/mol. The van der Waals surface area contributed by atoms with Crippen LogP contribution in [0.4, 0.5) is 0 Å². The fourth-order valence-corrected chi connectivity index (χ4v) is 5.01. The minimum Gasteiger partial charge on any atom is -0.462 e. The fraction of sp³-hybridized carbons (Fsp3) is 0.233. The topological polar surface area (TPSA) is 26.3 Å². The van der Waals surface area contributed by atoms with Gasteiger partial charge in [0.1, 0.15) is 0 Å². The Bertz CT molecular complexity index is 1250. The summed E-state index contributed by atoms with van der Waals surface area (Å²) in [5.41, 5.74) is 7.45. The molecule has 0 N–H and O–H groups in total. The zero-order chi connectivity index (χ0) is 23.4. The van der Waals surface area contributed by atoms with Gasteiger partial charge in [0.2, 0.25) is 0 Å². The maximum atomic E-state index is 11.8. The number of thioether (sulfide) groups is 1. The van der Waals surface area contributed by atoms with Gasteiger partial charge in [-0.1, -0.05) is 49.1 Å². The second kappa shape index (κ2) is 9.73. The van der Waals surface area contributed by atoms with E-state index < -0.39 is 0 Å². The quantitative estimate of drug-likeness (QED) is 0.311. The molecule has 0 spiro atoms. The highest BCUT2D eigenvalue weighted by Crippen LogP contribution is 2.46. The van der Waals surface area contributed by atoms with Crippen molar-refractivity contribution in [3.8, 4) is 11.8 Å². The van der Waals surface area contributed by atoms with Crippen molar-refractivity contribution in [2.24, 2.45) is 0 Å². The normalized spacial score (nSPS) is 13.9. The van der Waals surface area contributed by atoms with Gasteiger partial charge in [-0.15, -0.1) is 11.8 Å². The van der Waals surface area contributed by atoms with Crippen molar-refractivity contribution in [3.05, 3.63) is 106 Å². The number of aryl methyl sites for hydroxylation is 1. The molecule has 0 saturated carbocycles. The summed E-state index contributed by atoms with van der Waals surface area (Å²) in [5.74, 6) is 6.21. The van der Waals surface area contributed by atoms with Crippen molar-refractivity contribution >= 4 is 23.3 Å². The van der Waals surface area contributed by atoms with Crippen LogP contribution >= 0.6 is 11.8 Å². The molecule has 0 atom stereocenters. The molecule has 166 valence electrons. The SMILES string of the molecule is CCOC(=O)c1ccc(C#Cc2ccc3c(c2)C(c2ccc(CC)cc2)=CC(C)(C)S3)cc1. The van der Waals surface area contributed by atoms with E-state index >= 15 is 0 Å². The average molecular weight is 453 g/mol. The molecule has 0 amide bonds. The van der Waals surface area contributed by atoms with Crippen molar-refractivity contribution in [1.29, 1.82) is 0 Å². The Morgan fingerprint density at radius 3 is 2.24 bits per heavy atom. The van der Waals surface area contributed by atoms with Crippen molar-refractivity contribution in [1.82, 2.24) is 0 Å². The summed E-state index contributed by atoms with van der Waals surface area (Å²) in [7, 11) is 0. The second-order valence-corrected chi connectivity index (χ2v) is 10.3. The predicted octanol–water partition coefficient (Wildman–Crippen LogP) is 7.14. The molecule has 0 aromatic heterocycles. The Kier molecular flexibility index (Phi) is 6.77. The number of ether oxygens (including phenoxy) is 1. The molecule has 1 heterocycles. The number of carbonyl (C=O) groups is 1. The van der Waals surface area contributed by atoms with Crippen LogP contribution in [0.1, 0.15) is 65.9 Å². The van der Waals surface area contributed by atoms with Gasteiger partial charge in [-0.05, 0) is 91.9 Å². The molecule has 3 aromatic carbocycles. The van der Waals surface area contributed by atoms with Crippen LogP contribution < -0.4 is 0 Å². The number of carbonyl (C=O) groups excluding carboxylic acids is 1. The standard InChI is InChI=1S/C30H28O2S/c1-5-21-9-14-24(15-10-21)27-20-30(3,4)33-28-18-13-23(19-26(27)28)8-7-22-11-16-25(17-12-22)29(31)32-6-2/h9-20H,5-6H2,1-4H3. The van der Waals surface area contributed by atoms with Gasteiger partial charge in [0.05, 0.1) is 12.2 Å². The van der Waals surface area contributed by atoms with Gasteiger partial charge in [-0.3, -0.25) is 0 Å². The molecule has 4 rings (SSSR count). The molecule has 0 radical (unpaired) electrons. The Labute approximate surface area is 201 Å². The van der Waals surface area contributed by atoms with Gasteiger partial charge in [0.25, 0.3) is 0 Å². The third kappa shape index (κ3) is 5.41. The summed E-state index contributed by atoms with van der Waals surface area (Å²) >= 11 is 1.88. The Hall–Kier alpha value is -3.22. The van der Waals surface area contributed by atoms with Crippen molar-refractivity contribution in [2.75, 3.05) is 6.61 Å². The van der Waals surface area contributed by atoms with Gasteiger partial charge < -0.3 is 4.74 Å². The summed E-state index contributed by atoms with van der Waals surface area (Å²) in [5, 5.41) is 0. The zero-order valence-corrected chi connectivity index (χ0v) is 20.4. The first-order valence-electron chi connectivity index (χ1n) is 11.3. The number of benzene rings is 3. The second-order valence-electron chi connectivity index (χ2n) is 8.57. The first-order valence-corrected chi connectivity index (χ1v) is 12.1. The van der Waals surface area contributed by atoms with Crippen LogP contribution in [-0.2, 0) is 11.2 Å². The molecule has 3 aromatic rings. The summed E-state index contributed by atoms with van der Waals surface area (Å²) in [6.07, 6.45) is 3.41. The highest BCUT2D eigenvalue weighted by Gasteiger charge is 2.26. The fourth-order valence-electron chi connectivity index (χ4n) is 3.85. The van der Waals surface area contributed by atoms with E-state index in [1.165, 1.54) is 27.2 Å². The lowest BCUT2D eigenvalue weighted by atomic mass is 9.92. The molecule has 0 fully saturated rings. The molecule has 1 aliphatic heterocycles. The molecular weight excluding hydrogens is 424 g/mol. The molecule has 0 unspecified atom stereocenters. The molecule has 2 nitrogen and oxygen atoms in total. The first-order chi connectivity index (χ1) is 15.9.